The van der Waals surface area contributed by atoms with Crippen molar-refractivity contribution in [1.29, 1.82) is 5.26 Å². The normalized spacial score (nSPS) is 13.5. The van der Waals surface area contributed by atoms with Gasteiger partial charge in [0.05, 0.1) is 17.8 Å². The zero-order valence-corrected chi connectivity index (χ0v) is 12.5. The topological polar surface area (TPSA) is 67.6 Å². The van der Waals surface area contributed by atoms with E-state index in [1.54, 1.807) is 6.20 Å². The Hall–Kier alpha value is -2.19. The lowest BCUT2D eigenvalue weighted by Gasteiger charge is -2.22. The number of pyridine rings is 2. The molecule has 0 aromatic carbocycles. The summed E-state index contributed by atoms with van der Waals surface area (Å²) in [6.07, 6.45) is 5.80. The number of aromatic nitrogens is 2. The number of nitrogen functional groups attached to an aromatic ring is 1. The predicted molar refractivity (Wildman–Crippen MR) is 84.4 cm³/mol. The van der Waals surface area contributed by atoms with Crippen molar-refractivity contribution in [3.8, 4) is 6.07 Å². The number of hydrogen-bond acceptors (Lipinski definition) is 4. The molecule has 3 rings (SSSR count). The average molecular weight is 296 g/mol. The van der Waals surface area contributed by atoms with E-state index >= 15 is 0 Å². The van der Waals surface area contributed by atoms with E-state index < -0.39 is 0 Å². The fourth-order valence-corrected chi connectivity index (χ4v) is 3.30. The molecule has 2 aromatic heterocycles. The highest BCUT2D eigenvalue weighted by atomic mass is 32.1. The van der Waals surface area contributed by atoms with E-state index in [9.17, 15) is 5.26 Å². The maximum atomic E-state index is 9.46. The number of fused-ring (bicyclic) bond motifs is 1. The highest BCUT2D eigenvalue weighted by Crippen LogP contribution is 2.29. The molecule has 1 aliphatic rings. The zero-order chi connectivity index (χ0) is 14.8. The van der Waals surface area contributed by atoms with Crippen LogP contribution in [-0.4, -0.2) is 9.55 Å². The van der Waals surface area contributed by atoms with Crippen LogP contribution >= 0.6 is 12.2 Å². The van der Waals surface area contributed by atoms with Crippen molar-refractivity contribution in [3.63, 3.8) is 0 Å². The summed E-state index contributed by atoms with van der Waals surface area (Å²) in [7, 11) is 0. The highest BCUT2D eigenvalue weighted by molar-refractivity contribution is 7.71. The van der Waals surface area contributed by atoms with E-state index in [2.05, 4.69) is 11.1 Å². The first-order valence-corrected chi connectivity index (χ1v) is 7.47. The Morgan fingerprint density at radius 1 is 1.29 bits per heavy atom. The summed E-state index contributed by atoms with van der Waals surface area (Å²) in [5, 5.41) is 9.46. The van der Waals surface area contributed by atoms with Crippen molar-refractivity contribution in [2.75, 3.05) is 5.73 Å². The molecule has 0 fully saturated rings. The van der Waals surface area contributed by atoms with Gasteiger partial charge in [0.1, 0.15) is 16.5 Å². The molecule has 21 heavy (non-hydrogen) atoms. The number of nitrogens with two attached hydrogens (primary N) is 1. The maximum absolute atomic E-state index is 9.46. The van der Waals surface area contributed by atoms with Gasteiger partial charge in [-0.1, -0.05) is 18.3 Å². The lowest BCUT2D eigenvalue weighted by atomic mass is 9.90. The molecule has 106 valence electrons. The van der Waals surface area contributed by atoms with Gasteiger partial charge in [-0.2, -0.15) is 5.26 Å². The Morgan fingerprint density at radius 3 is 2.71 bits per heavy atom. The summed E-state index contributed by atoms with van der Waals surface area (Å²) in [4.78, 5) is 4.32. The first-order chi connectivity index (χ1) is 10.2. The maximum Gasteiger partial charge on any atom is 0.123 e. The lowest BCUT2D eigenvalue weighted by Crippen LogP contribution is -2.18. The van der Waals surface area contributed by atoms with Gasteiger partial charge < -0.3 is 10.3 Å². The van der Waals surface area contributed by atoms with Crippen LogP contribution in [0, 0.1) is 16.0 Å². The van der Waals surface area contributed by atoms with Crippen molar-refractivity contribution < 1.29 is 0 Å². The smallest absolute Gasteiger partial charge is 0.123 e. The Bertz CT molecular complexity index is 772. The first-order valence-electron chi connectivity index (χ1n) is 7.06. The molecule has 0 atom stereocenters. The van der Waals surface area contributed by atoms with Crippen molar-refractivity contribution in [1.82, 2.24) is 9.55 Å². The van der Waals surface area contributed by atoms with Gasteiger partial charge in [0, 0.05) is 6.20 Å². The lowest BCUT2D eigenvalue weighted by molar-refractivity contribution is 0.658. The summed E-state index contributed by atoms with van der Waals surface area (Å²) in [6, 6.07) is 8.01. The molecule has 0 bridgehead atoms. The zero-order valence-electron chi connectivity index (χ0n) is 11.7. The van der Waals surface area contributed by atoms with Gasteiger partial charge in [-0.05, 0) is 48.9 Å². The number of nitriles is 1. The largest absolute Gasteiger partial charge is 0.384 e. The van der Waals surface area contributed by atoms with Crippen LogP contribution in [0.2, 0.25) is 0 Å². The molecule has 0 radical (unpaired) electrons. The number of nitrogens with zero attached hydrogens (tertiary/aromatic N) is 3. The van der Waals surface area contributed by atoms with Gasteiger partial charge in [0.25, 0.3) is 0 Å². The molecular formula is C16H16N4S. The molecular weight excluding hydrogens is 280 g/mol. The van der Waals surface area contributed by atoms with Crippen LogP contribution in [-0.2, 0) is 19.4 Å². The molecule has 1 aliphatic carbocycles. The fourth-order valence-electron chi connectivity index (χ4n) is 2.91. The van der Waals surface area contributed by atoms with E-state index in [0.717, 1.165) is 47.1 Å². The number of rotatable bonds is 2. The minimum Gasteiger partial charge on any atom is -0.384 e. The van der Waals surface area contributed by atoms with Crippen molar-refractivity contribution in [2.45, 2.75) is 32.2 Å². The Kier molecular flexibility index (Phi) is 3.72. The van der Waals surface area contributed by atoms with Crippen molar-refractivity contribution in [3.05, 3.63) is 51.4 Å². The second-order valence-electron chi connectivity index (χ2n) is 5.25. The van der Waals surface area contributed by atoms with Crippen LogP contribution in [0.1, 0.15) is 35.2 Å². The van der Waals surface area contributed by atoms with Crippen LogP contribution < -0.4 is 5.73 Å². The standard InChI is InChI=1S/C16H16N4S/c17-9-14-12-6-1-2-7-13(12)16(21)20(15(14)18)10-11-5-3-4-8-19-11/h3-5,8H,1-2,6-7,10,18H2. The van der Waals surface area contributed by atoms with Gasteiger partial charge in [-0.3, -0.25) is 4.98 Å². The molecule has 0 saturated carbocycles. The van der Waals surface area contributed by atoms with Gasteiger partial charge in [0.2, 0.25) is 0 Å². The van der Waals surface area contributed by atoms with Crippen LogP contribution in [0.15, 0.2) is 24.4 Å². The van der Waals surface area contributed by atoms with Crippen molar-refractivity contribution >= 4 is 18.0 Å². The second kappa shape index (κ2) is 5.66. The minimum absolute atomic E-state index is 0.466. The van der Waals surface area contributed by atoms with Crippen molar-refractivity contribution in [2.24, 2.45) is 0 Å². The molecule has 2 N–H and O–H groups in total. The molecule has 0 unspecified atom stereocenters. The van der Waals surface area contributed by atoms with Crippen LogP contribution in [0.4, 0.5) is 5.82 Å². The second-order valence-corrected chi connectivity index (χ2v) is 5.64. The van der Waals surface area contributed by atoms with E-state index in [1.165, 1.54) is 0 Å². The highest BCUT2D eigenvalue weighted by Gasteiger charge is 2.20. The number of anilines is 1. The fraction of sp³-hybridized carbons (Fsp3) is 0.312. The third-order valence-electron chi connectivity index (χ3n) is 3.98. The van der Waals surface area contributed by atoms with E-state index in [4.69, 9.17) is 18.0 Å². The van der Waals surface area contributed by atoms with Gasteiger partial charge in [-0.15, -0.1) is 0 Å². The molecule has 0 amide bonds. The molecule has 0 spiro atoms. The Morgan fingerprint density at radius 2 is 2.05 bits per heavy atom. The van der Waals surface area contributed by atoms with Crippen LogP contribution in [0.5, 0.6) is 0 Å². The van der Waals surface area contributed by atoms with Gasteiger partial charge >= 0.3 is 0 Å². The van der Waals surface area contributed by atoms with E-state index in [1.807, 2.05) is 22.8 Å². The Balaban J connectivity index is 2.17. The molecule has 4 nitrogen and oxygen atoms in total. The molecule has 0 aliphatic heterocycles. The SMILES string of the molecule is N#Cc1c2c(c(=S)n(Cc3ccccn3)c1N)CCCC2. The molecule has 2 aromatic rings. The third kappa shape index (κ3) is 2.43. The summed E-state index contributed by atoms with van der Waals surface area (Å²) in [5.74, 6) is 0.466. The van der Waals surface area contributed by atoms with Crippen LogP contribution in [0.25, 0.3) is 0 Å². The molecule has 5 heteroatoms. The minimum atomic E-state index is 0.466. The third-order valence-corrected chi connectivity index (χ3v) is 4.44. The van der Waals surface area contributed by atoms with Crippen LogP contribution in [0.3, 0.4) is 0 Å². The molecule has 2 heterocycles. The predicted octanol–water partition coefficient (Wildman–Crippen LogP) is 2.99. The summed E-state index contributed by atoms with van der Waals surface area (Å²) >= 11 is 5.62. The average Bonchev–Trinajstić information content (AvgIpc) is 2.53. The monoisotopic (exact) mass is 296 g/mol. The van der Waals surface area contributed by atoms with E-state index in [0.29, 0.717) is 17.9 Å². The summed E-state index contributed by atoms with van der Waals surface area (Å²) < 4.78 is 2.60. The van der Waals surface area contributed by atoms with Gasteiger partial charge in [0.15, 0.2) is 0 Å². The first kappa shape index (κ1) is 13.8. The van der Waals surface area contributed by atoms with Gasteiger partial charge in [-0.25, -0.2) is 0 Å². The quantitative estimate of drug-likeness (QED) is 0.865. The van der Waals surface area contributed by atoms with E-state index in [-0.39, 0.29) is 0 Å². The summed E-state index contributed by atoms with van der Waals surface area (Å²) in [6.45, 7) is 0.507. The molecule has 0 saturated heterocycles. The summed E-state index contributed by atoms with van der Waals surface area (Å²) in [5.41, 5.74) is 9.88. The Labute approximate surface area is 128 Å². The number of hydrogen-bond donors (Lipinski definition) is 1.